The van der Waals surface area contributed by atoms with E-state index < -0.39 is 0 Å². The maximum atomic E-state index is 12.3. The lowest BCUT2D eigenvalue weighted by Gasteiger charge is -2.17. The molecule has 0 aliphatic rings. The molecule has 0 atom stereocenters. The van der Waals surface area contributed by atoms with E-state index in [1.54, 1.807) is 31.1 Å². The van der Waals surface area contributed by atoms with Crippen molar-refractivity contribution < 1.29 is 9.32 Å². The third kappa shape index (κ3) is 2.63. The first-order chi connectivity index (χ1) is 10.1. The summed E-state index contributed by atoms with van der Waals surface area (Å²) in [5.74, 6) is 0.473. The third-order valence-corrected chi connectivity index (χ3v) is 3.37. The van der Waals surface area contributed by atoms with Gasteiger partial charge in [-0.3, -0.25) is 9.78 Å². The van der Waals surface area contributed by atoms with Crippen LogP contribution in [0.1, 0.15) is 21.8 Å². The van der Waals surface area contributed by atoms with E-state index in [9.17, 15) is 4.79 Å². The number of hydrogen-bond donors (Lipinski definition) is 0. The molecule has 3 rings (SSSR count). The van der Waals surface area contributed by atoms with E-state index in [2.05, 4.69) is 10.1 Å². The minimum absolute atomic E-state index is 0.155. The molecule has 0 spiro atoms. The molecule has 0 fully saturated rings. The Hall–Kier alpha value is -2.69. The summed E-state index contributed by atoms with van der Waals surface area (Å²) in [6.45, 7) is 2.27. The summed E-state index contributed by atoms with van der Waals surface area (Å²) in [5.41, 5.74) is 1.41. The van der Waals surface area contributed by atoms with Gasteiger partial charge in [-0.2, -0.15) is 0 Å². The van der Waals surface area contributed by atoms with Crippen LogP contribution in [-0.2, 0) is 6.54 Å². The molecule has 5 nitrogen and oxygen atoms in total. The maximum absolute atomic E-state index is 12.3. The fourth-order valence-corrected chi connectivity index (χ4v) is 2.32. The predicted molar refractivity (Wildman–Crippen MR) is 78.8 cm³/mol. The lowest BCUT2D eigenvalue weighted by molar-refractivity contribution is 0.0775. The zero-order chi connectivity index (χ0) is 14.8. The average Bonchev–Trinajstić information content (AvgIpc) is 2.93. The summed E-state index contributed by atoms with van der Waals surface area (Å²) >= 11 is 0. The van der Waals surface area contributed by atoms with Crippen LogP contribution in [0.4, 0.5) is 0 Å². The first-order valence-corrected chi connectivity index (χ1v) is 6.65. The first kappa shape index (κ1) is 13.3. The van der Waals surface area contributed by atoms with Crippen LogP contribution in [0.5, 0.6) is 0 Å². The van der Waals surface area contributed by atoms with E-state index in [0.717, 1.165) is 16.3 Å². The van der Waals surface area contributed by atoms with Gasteiger partial charge in [0, 0.05) is 37.4 Å². The normalized spacial score (nSPS) is 10.8. The van der Waals surface area contributed by atoms with Crippen molar-refractivity contribution in [1.82, 2.24) is 15.0 Å². The highest BCUT2D eigenvalue weighted by molar-refractivity contribution is 5.92. The largest absolute Gasteiger partial charge is 0.361 e. The van der Waals surface area contributed by atoms with E-state index >= 15 is 0 Å². The van der Waals surface area contributed by atoms with Gasteiger partial charge in [0.2, 0.25) is 0 Å². The molecule has 0 aliphatic heterocycles. The zero-order valence-electron chi connectivity index (χ0n) is 11.9. The van der Waals surface area contributed by atoms with Gasteiger partial charge in [0.05, 0.1) is 0 Å². The van der Waals surface area contributed by atoms with Gasteiger partial charge in [-0.05, 0) is 23.9 Å². The van der Waals surface area contributed by atoms with Gasteiger partial charge in [-0.15, -0.1) is 0 Å². The maximum Gasteiger partial charge on any atom is 0.276 e. The number of carbonyl (C=O) groups excluding carboxylic acids is 1. The Morgan fingerprint density at radius 2 is 2.19 bits per heavy atom. The minimum atomic E-state index is -0.155. The number of fused-ring (bicyclic) bond motifs is 1. The molecule has 2 heterocycles. The second-order valence-electron chi connectivity index (χ2n) is 5.00. The lowest BCUT2D eigenvalue weighted by Crippen LogP contribution is -2.26. The molecule has 1 aromatic carbocycles. The highest BCUT2D eigenvalue weighted by Gasteiger charge is 2.16. The number of hydrogen-bond acceptors (Lipinski definition) is 4. The van der Waals surface area contributed by atoms with Crippen molar-refractivity contribution in [2.24, 2.45) is 0 Å². The predicted octanol–water partition coefficient (Wildman–Crippen LogP) is 2.80. The van der Waals surface area contributed by atoms with E-state index in [4.69, 9.17) is 4.52 Å². The van der Waals surface area contributed by atoms with Crippen LogP contribution in [-0.4, -0.2) is 28.0 Å². The van der Waals surface area contributed by atoms with E-state index in [-0.39, 0.29) is 5.91 Å². The Balaban J connectivity index is 1.86. The molecule has 106 valence electrons. The van der Waals surface area contributed by atoms with Crippen LogP contribution >= 0.6 is 0 Å². The smallest absolute Gasteiger partial charge is 0.276 e. The molecule has 21 heavy (non-hydrogen) atoms. The third-order valence-electron chi connectivity index (χ3n) is 3.37. The number of aryl methyl sites for hydroxylation is 1. The Labute approximate surface area is 122 Å². The van der Waals surface area contributed by atoms with E-state index in [1.165, 1.54) is 0 Å². The molecular weight excluding hydrogens is 266 g/mol. The quantitative estimate of drug-likeness (QED) is 0.740. The summed E-state index contributed by atoms with van der Waals surface area (Å²) in [5, 5.41) is 5.93. The van der Waals surface area contributed by atoms with Gasteiger partial charge in [-0.25, -0.2) is 0 Å². The van der Waals surface area contributed by atoms with Crippen molar-refractivity contribution in [2.45, 2.75) is 13.5 Å². The standard InChI is InChI=1S/C16H15N3O2/c1-11-8-15(18-21-11)16(20)19(2)10-13-5-3-4-12-9-17-7-6-14(12)13/h3-9H,10H2,1-2H3. The van der Waals surface area contributed by atoms with Crippen LogP contribution < -0.4 is 0 Å². The van der Waals surface area contributed by atoms with Gasteiger partial charge in [0.25, 0.3) is 5.91 Å². The molecule has 3 aromatic rings. The van der Waals surface area contributed by atoms with Crippen molar-refractivity contribution in [3.8, 4) is 0 Å². The van der Waals surface area contributed by atoms with E-state index in [1.807, 2.05) is 30.5 Å². The molecule has 0 saturated heterocycles. The summed E-state index contributed by atoms with van der Waals surface area (Å²) in [4.78, 5) is 18.0. The Bertz CT molecular complexity index is 790. The van der Waals surface area contributed by atoms with Crippen LogP contribution in [0.25, 0.3) is 10.8 Å². The van der Waals surface area contributed by atoms with Crippen LogP contribution in [0.2, 0.25) is 0 Å². The molecule has 0 bridgehead atoms. The highest BCUT2D eigenvalue weighted by Crippen LogP contribution is 2.19. The van der Waals surface area contributed by atoms with Crippen molar-refractivity contribution in [2.75, 3.05) is 7.05 Å². The Morgan fingerprint density at radius 3 is 2.95 bits per heavy atom. The molecule has 2 aromatic heterocycles. The summed E-state index contributed by atoms with van der Waals surface area (Å²) in [6.07, 6.45) is 3.58. The SMILES string of the molecule is Cc1cc(C(=O)N(C)Cc2cccc3cnccc23)no1. The number of pyridine rings is 1. The Morgan fingerprint density at radius 1 is 1.33 bits per heavy atom. The fraction of sp³-hybridized carbons (Fsp3) is 0.188. The van der Waals surface area contributed by atoms with E-state index in [0.29, 0.717) is 18.0 Å². The van der Waals surface area contributed by atoms with Crippen LogP contribution in [0.3, 0.4) is 0 Å². The summed E-state index contributed by atoms with van der Waals surface area (Å²) in [6, 6.07) is 9.60. The number of aromatic nitrogens is 2. The second kappa shape index (κ2) is 5.36. The topological polar surface area (TPSA) is 59.2 Å². The first-order valence-electron chi connectivity index (χ1n) is 6.65. The summed E-state index contributed by atoms with van der Waals surface area (Å²) in [7, 11) is 1.76. The van der Waals surface area contributed by atoms with Gasteiger partial charge in [0.1, 0.15) is 5.76 Å². The van der Waals surface area contributed by atoms with Crippen LogP contribution in [0.15, 0.2) is 47.2 Å². The molecule has 0 saturated carbocycles. The average molecular weight is 281 g/mol. The van der Waals surface area contributed by atoms with Crippen molar-refractivity contribution in [3.63, 3.8) is 0 Å². The van der Waals surface area contributed by atoms with Crippen molar-refractivity contribution >= 4 is 16.7 Å². The molecule has 1 amide bonds. The van der Waals surface area contributed by atoms with Gasteiger partial charge >= 0.3 is 0 Å². The minimum Gasteiger partial charge on any atom is -0.361 e. The number of benzene rings is 1. The molecule has 0 N–H and O–H groups in total. The fourth-order valence-electron chi connectivity index (χ4n) is 2.32. The van der Waals surface area contributed by atoms with Crippen LogP contribution in [0, 0.1) is 6.92 Å². The van der Waals surface area contributed by atoms with Gasteiger partial charge < -0.3 is 9.42 Å². The van der Waals surface area contributed by atoms with Gasteiger partial charge in [-0.1, -0.05) is 23.4 Å². The molecule has 5 heteroatoms. The molecule has 0 aliphatic carbocycles. The van der Waals surface area contributed by atoms with Crippen molar-refractivity contribution in [1.29, 1.82) is 0 Å². The number of nitrogens with zero attached hydrogens (tertiary/aromatic N) is 3. The number of amides is 1. The molecule has 0 radical (unpaired) electrons. The molecule has 0 unspecified atom stereocenters. The summed E-state index contributed by atoms with van der Waals surface area (Å²) < 4.78 is 4.95. The number of rotatable bonds is 3. The lowest BCUT2D eigenvalue weighted by atomic mass is 10.1. The molecular formula is C16H15N3O2. The van der Waals surface area contributed by atoms with Gasteiger partial charge in [0.15, 0.2) is 5.69 Å². The van der Waals surface area contributed by atoms with Crippen molar-refractivity contribution in [3.05, 3.63) is 59.7 Å². The number of carbonyl (C=O) groups is 1. The monoisotopic (exact) mass is 281 g/mol. The zero-order valence-corrected chi connectivity index (χ0v) is 11.9. The Kier molecular flexibility index (Phi) is 3.39. The second-order valence-corrected chi connectivity index (χ2v) is 5.00. The highest BCUT2D eigenvalue weighted by atomic mass is 16.5.